The second-order valence-corrected chi connectivity index (χ2v) is 4.70. The summed E-state index contributed by atoms with van der Waals surface area (Å²) < 4.78 is 5.03. The van der Waals surface area contributed by atoms with E-state index in [-0.39, 0.29) is 5.69 Å². The maximum absolute atomic E-state index is 10.7. The average Bonchev–Trinajstić information content (AvgIpc) is 2.78. The van der Waals surface area contributed by atoms with Gasteiger partial charge in [-0.1, -0.05) is 12.1 Å². The summed E-state index contributed by atoms with van der Waals surface area (Å²) in [4.78, 5) is 15.4. The molecule has 1 aliphatic heterocycles. The Kier molecular flexibility index (Phi) is 3.98. The van der Waals surface area contributed by atoms with Gasteiger partial charge < -0.3 is 9.63 Å². The number of aromatic carboxylic acids is 1. The second-order valence-electron chi connectivity index (χ2n) is 4.70. The summed E-state index contributed by atoms with van der Waals surface area (Å²) in [5.74, 6) is -0.432. The highest BCUT2D eigenvalue weighted by Crippen LogP contribution is 2.13. The number of aromatic nitrogens is 1. The number of carbonyl (C=O) groups is 1. The highest BCUT2D eigenvalue weighted by Gasteiger charge is 2.23. The van der Waals surface area contributed by atoms with Crippen molar-refractivity contribution in [3.05, 3.63) is 17.5 Å². The highest BCUT2D eigenvalue weighted by atomic mass is 16.5. The van der Waals surface area contributed by atoms with E-state index < -0.39 is 5.97 Å². The molecule has 1 N–H and O–H groups in total. The van der Waals surface area contributed by atoms with E-state index in [9.17, 15) is 4.79 Å². The molecule has 0 amide bonds. The number of rotatable bonds is 4. The predicted octanol–water partition coefficient (Wildman–Crippen LogP) is 0.899. The van der Waals surface area contributed by atoms with Gasteiger partial charge in [0.25, 0.3) is 0 Å². The van der Waals surface area contributed by atoms with Crippen molar-refractivity contribution in [1.29, 1.82) is 0 Å². The number of hydrogen-bond acceptors (Lipinski definition) is 5. The third-order valence-corrected chi connectivity index (χ3v) is 3.41. The number of carboxylic acid groups (broad SMARTS) is 1. The zero-order valence-electron chi connectivity index (χ0n) is 10.8. The van der Waals surface area contributed by atoms with Gasteiger partial charge in [-0.25, -0.2) is 4.79 Å². The highest BCUT2D eigenvalue weighted by molar-refractivity contribution is 5.85. The summed E-state index contributed by atoms with van der Waals surface area (Å²) in [6, 6.07) is 2.02. The molecule has 2 rings (SSSR count). The van der Waals surface area contributed by atoms with Crippen molar-refractivity contribution in [2.24, 2.45) is 0 Å². The molecule has 0 radical (unpaired) electrons. The summed E-state index contributed by atoms with van der Waals surface area (Å²) >= 11 is 0. The number of piperazine rings is 1. The van der Waals surface area contributed by atoms with E-state index in [1.807, 2.05) is 0 Å². The smallest absolute Gasteiger partial charge is 0.358 e. The fourth-order valence-electron chi connectivity index (χ4n) is 2.39. The summed E-state index contributed by atoms with van der Waals surface area (Å²) in [5, 5.41) is 12.3. The maximum Gasteiger partial charge on any atom is 0.358 e. The molecular formula is C12H19N3O3. The summed E-state index contributed by atoms with van der Waals surface area (Å²) in [7, 11) is 0. The van der Waals surface area contributed by atoms with Crippen molar-refractivity contribution in [2.45, 2.75) is 26.4 Å². The molecule has 1 fully saturated rings. The monoisotopic (exact) mass is 253 g/mol. The standard InChI is InChI=1S/C12H19N3O3/c1-3-15-5-4-14(7-9(15)2)8-10-6-11(12(16)17)13-18-10/h6,9H,3-5,7-8H2,1-2H3,(H,16,17). The average molecular weight is 253 g/mol. The Morgan fingerprint density at radius 3 is 2.94 bits per heavy atom. The van der Waals surface area contributed by atoms with Crippen LogP contribution in [0.1, 0.15) is 30.1 Å². The van der Waals surface area contributed by atoms with Crippen LogP contribution in [0, 0.1) is 0 Å². The van der Waals surface area contributed by atoms with Gasteiger partial charge in [0.15, 0.2) is 11.5 Å². The first-order chi connectivity index (χ1) is 8.60. The molecule has 1 saturated heterocycles. The van der Waals surface area contributed by atoms with E-state index in [1.54, 1.807) is 0 Å². The van der Waals surface area contributed by atoms with Crippen LogP contribution >= 0.6 is 0 Å². The van der Waals surface area contributed by atoms with Gasteiger partial charge in [0.2, 0.25) is 0 Å². The molecule has 0 bridgehead atoms. The van der Waals surface area contributed by atoms with Crippen LogP contribution in [0.4, 0.5) is 0 Å². The topological polar surface area (TPSA) is 69.8 Å². The third-order valence-electron chi connectivity index (χ3n) is 3.41. The van der Waals surface area contributed by atoms with E-state index >= 15 is 0 Å². The minimum Gasteiger partial charge on any atom is -0.476 e. The van der Waals surface area contributed by atoms with Crippen LogP contribution < -0.4 is 0 Å². The number of nitrogens with zero attached hydrogens (tertiary/aromatic N) is 3. The Bertz CT molecular complexity index is 418. The van der Waals surface area contributed by atoms with Crippen molar-refractivity contribution in [3.63, 3.8) is 0 Å². The van der Waals surface area contributed by atoms with E-state index in [1.165, 1.54) is 6.07 Å². The molecule has 0 spiro atoms. The van der Waals surface area contributed by atoms with E-state index in [0.717, 1.165) is 26.2 Å². The van der Waals surface area contributed by atoms with Gasteiger partial charge in [-0.05, 0) is 13.5 Å². The Balaban J connectivity index is 1.92. The molecular weight excluding hydrogens is 234 g/mol. The number of hydrogen-bond donors (Lipinski definition) is 1. The Morgan fingerprint density at radius 1 is 1.61 bits per heavy atom. The normalized spacial score (nSPS) is 22.2. The largest absolute Gasteiger partial charge is 0.476 e. The van der Waals surface area contributed by atoms with E-state index in [4.69, 9.17) is 9.63 Å². The molecule has 0 aliphatic carbocycles. The predicted molar refractivity (Wildman–Crippen MR) is 65.4 cm³/mol. The van der Waals surface area contributed by atoms with Crippen molar-refractivity contribution in [3.8, 4) is 0 Å². The van der Waals surface area contributed by atoms with Gasteiger partial charge in [0.05, 0.1) is 6.54 Å². The lowest BCUT2D eigenvalue weighted by Crippen LogP contribution is -2.51. The summed E-state index contributed by atoms with van der Waals surface area (Å²) in [6.45, 7) is 9.05. The van der Waals surface area contributed by atoms with Crippen LogP contribution in [-0.4, -0.2) is 58.3 Å². The van der Waals surface area contributed by atoms with Crippen molar-refractivity contribution in [1.82, 2.24) is 15.0 Å². The Morgan fingerprint density at radius 2 is 2.39 bits per heavy atom. The molecule has 1 aliphatic rings. The van der Waals surface area contributed by atoms with Crippen molar-refractivity contribution < 1.29 is 14.4 Å². The first kappa shape index (κ1) is 13.0. The van der Waals surface area contributed by atoms with Crippen LogP contribution in [0.3, 0.4) is 0 Å². The molecule has 1 unspecified atom stereocenters. The SMILES string of the molecule is CCN1CCN(Cc2cc(C(=O)O)no2)CC1C. The van der Waals surface area contributed by atoms with Crippen LogP contribution in [0.15, 0.2) is 10.6 Å². The van der Waals surface area contributed by atoms with Gasteiger partial charge in [0, 0.05) is 31.7 Å². The lowest BCUT2D eigenvalue weighted by atomic mass is 10.2. The fourth-order valence-corrected chi connectivity index (χ4v) is 2.39. The third kappa shape index (κ3) is 2.88. The Labute approximate surface area is 106 Å². The second kappa shape index (κ2) is 5.49. The van der Waals surface area contributed by atoms with Gasteiger partial charge >= 0.3 is 5.97 Å². The molecule has 1 aromatic heterocycles. The lowest BCUT2D eigenvalue weighted by molar-refractivity contribution is 0.0684. The molecule has 100 valence electrons. The first-order valence-corrected chi connectivity index (χ1v) is 6.25. The molecule has 1 aromatic rings. The molecule has 0 aromatic carbocycles. The molecule has 1 atom stereocenters. The fraction of sp³-hybridized carbons (Fsp3) is 0.667. The summed E-state index contributed by atoms with van der Waals surface area (Å²) in [5.41, 5.74) is -0.0229. The van der Waals surface area contributed by atoms with E-state index in [2.05, 4.69) is 28.8 Å². The van der Waals surface area contributed by atoms with Crippen LogP contribution in [0.5, 0.6) is 0 Å². The molecule has 18 heavy (non-hydrogen) atoms. The van der Waals surface area contributed by atoms with Crippen LogP contribution in [0.2, 0.25) is 0 Å². The van der Waals surface area contributed by atoms with Gasteiger partial charge in [0.1, 0.15) is 0 Å². The molecule has 2 heterocycles. The van der Waals surface area contributed by atoms with Crippen molar-refractivity contribution >= 4 is 5.97 Å². The van der Waals surface area contributed by atoms with Crippen molar-refractivity contribution in [2.75, 3.05) is 26.2 Å². The zero-order chi connectivity index (χ0) is 13.1. The zero-order valence-corrected chi connectivity index (χ0v) is 10.8. The van der Waals surface area contributed by atoms with Crippen LogP contribution in [0.25, 0.3) is 0 Å². The van der Waals surface area contributed by atoms with Crippen LogP contribution in [-0.2, 0) is 6.54 Å². The molecule has 6 heteroatoms. The Hall–Kier alpha value is -1.40. The first-order valence-electron chi connectivity index (χ1n) is 6.25. The minimum atomic E-state index is -1.05. The summed E-state index contributed by atoms with van der Waals surface area (Å²) in [6.07, 6.45) is 0. The molecule has 6 nitrogen and oxygen atoms in total. The number of carboxylic acids is 1. The quantitative estimate of drug-likeness (QED) is 0.859. The van der Waals surface area contributed by atoms with Gasteiger partial charge in [-0.15, -0.1) is 0 Å². The van der Waals surface area contributed by atoms with Gasteiger partial charge in [-0.3, -0.25) is 9.80 Å². The maximum atomic E-state index is 10.7. The van der Waals surface area contributed by atoms with E-state index in [0.29, 0.717) is 18.3 Å². The van der Waals surface area contributed by atoms with Gasteiger partial charge in [-0.2, -0.15) is 0 Å². The minimum absolute atomic E-state index is 0.0229. The number of likely N-dealkylation sites (N-methyl/N-ethyl adjacent to an activating group) is 1. The molecule has 0 saturated carbocycles. The lowest BCUT2D eigenvalue weighted by Gasteiger charge is -2.38.